The molecule has 4 nitrogen and oxygen atoms in total. The summed E-state index contributed by atoms with van der Waals surface area (Å²) in [6.45, 7) is 0. The minimum atomic E-state index is 0.529. The molecule has 0 saturated heterocycles. The van der Waals surface area contributed by atoms with Crippen molar-refractivity contribution in [1.29, 1.82) is 0 Å². The van der Waals surface area contributed by atoms with Gasteiger partial charge >= 0.3 is 0 Å². The van der Waals surface area contributed by atoms with Crippen molar-refractivity contribution in [2.24, 2.45) is 0 Å². The van der Waals surface area contributed by atoms with Crippen LogP contribution in [0.3, 0.4) is 0 Å². The maximum Gasteiger partial charge on any atom is 0.258 e. The van der Waals surface area contributed by atoms with E-state index in [1.807, 2.05) is 43.4 Å². The zero-order valence-electron chi connectivity index (χ0n) is 11.8. The highest BCUT2D eigenvalue weighted by atomic mass is 32.2. The molecular weight excluding hydrogens is 282 g/mol. The van der Waals surface area contributed by atoms with Gasteiger partial charge in [0.05, 0.1) is 0 Å². The van der Waals surface area contributed by atoms with Crippen molar-refractivity contribution in [1.82, 2.24) is 10.1 Å². The lowest BCUT2D eigenvalue weighted by Crippen LogP contribution is -1.87. The van der Waals surface area contributed by atoms with Gasteiger partial charge in [-0.3, -0.25) is 0 Å². The fourth-order valence-electron chi connectivity index (χ4n) is 1.98. The SMILES string of the molecule is CNc1ccc(-c2nc(-c3ccc(SC)cc3)no2)cc1. The summed E-state index contributed by atoms with van der Waals surface area (Å²) in [5.74, 6) is 1.14. The first-order valence-corrected chi connectivity index (χ1v) is 7.79. The van der Waals surface area contributed by atoms with Crippen molar-refractivity contribution in [3.63, 3.8) is 0 Å². The Morgan fingerprint density at radius 1 is 0.952 bits per heavy atom. The summed E-state index contributed by atoms with van der Waals surface area (Å²) in [6, 6.07) is 16.0. The van der Waals surface area contributed by atoms with E-state index in [1.165, 1.54) is 4.90 Å². The first kappa shape index (κ1) is 13.7. The van der Waals surface area contributed by atoms with Gasteiger partial charge in [0.1, 0.15) is 0 Å². The van der Waals surface area contributed by atoms with E-state index in [1.54, 1.807) is 11.8 Å². The maximum absolute atomic E-state index is 5.35. The normalized spacial score (nSPS) is 10.6. The lowest BCUT2D eigenvalue weighted by molar-refractivity contribution is 0.432. The number of aromatic nitrogens is 2. The number of benzene rings is 2. The van der Waals surface area contributed by atoms with Gasteiger partial charge in [-0.15, -0.1) is 11.8 Å². The summed E-state index contributed by atoms with van der Waals surface area (Å²) in [5.41, 5.74) is 2.91. The molecule has 2 aromatic carbocycles. The lowest BCUT2D eigenvalue weighted by atomic mass is 10.2. The molecule has 1 heterocycles. The van der Waals surface area contributed by atoms with Gasteiger partial charge in [0.2, 0.25) is 5.82 Å². The van der Waals surface area contributed by atoms with Gasteiger partial charge in [0.15, 0.2) is 0 Å². The van der Waals surface area contributed by atoms with E-state index in [9.17, 15) is 0 Å². The minimum Gasteiger partial charge on any atom is -0.388 e. The van der Waals surface area contributed by atoms with E-state index in [0.717, 1.165) is 16.8 Å². The quantitative estimate of drug-likeness (QED) is 0.733. The highest BCUT2D eigenvalue weighted by molar-refractivity contribution is 7.98. The Morgan fingerprint density at radius 3 is 2.24 bits per heavy atom. The molecule has 0 atom stereocenters. The fraction of sp³-hybridized carbons (Fsp3) is 0.125. The second-order valence-electron chi connectivity index (χ2n) is 4.48. The molecule has 1 aromatic heterocycles. The van der Waals surface area contributed by atoms with Gasteiger partial charge in [-0.2, -0.15) is 4.98 Å². The second-order valence-corrected chi connectivity index (χ2v) is 5.36. The van der Waals surface area contributed by atoms with Gasteiger partial charge in [-0.25, -0.2) is 0 Å². The van der Waals surface area contributed by atoms with E-state index >= 15 is 0 Å². The number of hydrogen-bond acceptors (Lipinski definition) is 5. The van der Waals surface area contributed by atoms with Crippen molar-refractivity contribution >= 4 is 17.4 Å². The van der Waals surface area contributed by atoms with Crippen LogP contribution < -0.4 is 5.32 Å². The summed E-state index contributed by atoms with van der Waals surface area (Å²) >= 11 is 1.71. The van der Waals surface area contributed by atoms with Gasteiger partial charge in [0.25, 0.3) is 5.89 Å². The average molecular weight is 297 g/mol. The van der Waals surface area contributed by atoms with Crippen LogP contribution in [0.5, 0.6) is 0 Å². The number of anilines is 1. The van der Waals surface area contributed by atoms with Crippen LogP contribution in [0.15, 0.2) is 57.9 Å². The number of rotatable bonds is 4. The van der Waals surface area contributed by atoms with Crippen molar-refractivity contribution < 1.29 is 4.52 Å². The van der Waals surface area contributed by atoms with Gasteiger partial charge in [-0.05, 0) is 54.8 Å². The zero-order chi connectivity index (χ0) is 14.7. The Kier molecular flexibility index (Phi) is 3.92. The molecule has 0 saturated carbocycles. The average Bonchev–Trinajstić information content (AvgIpc) is 3.05. The number of nitrogens with zero attached hydrogens (tertiary/aromatic N) is 2. The van der Waals surface area contributed by atoms with Crippen LogP contribution in [0, 0.1) is 0 Å². The molecule has 21 heavy (non-hydrogen) atoms. The first-order chi connectivity index (χ1) is 10.3. The molecule has 0 bridgehead atoms. The van der Waals surface area contributed by atoms with Gasteiger partial charge in [-0.1, -0.05) is 5.16 Å². The molecule has 3 rings (SSSR count). The molecule has 3 aromatic rings. The van der Waals surface area contributed by atoms with Crippen LogP contribution in [0.25, 0.3) is 22.8 Å². The van der Waals surface area contributed by atoms with E-state index in [4.69, 9.17) is 4.52 Å². The topological polar surface area (TPSA) is 51.0 Å². The molecular formula is C16H15N3OS. The molecule has 0 aliphatic rings. The molecule has 106 valence electrons. The second kappa shape index (κ2) is 6.01. The third-order valence-corrected chi connectivity index (χ3v) is 3.94. The number of thioether (sulfide) groups is 1. The standard InChI is InChI=1S/C16H15N3OS/c1-17-13-7-3-12(4-8-13)16-18-15(19-20-16)11-5-9-14(21-2)10-6-11/h3-10,17H,1-2H3. The molecule has 5 heteroatoms. The lowest BCUT2D eigenvalue weighted by Gasteiger charge is -1.99. The molecule has 0 fully saturated rings. The summed E-state index contributed by atoms with van der Waals surface area (Å²) < 4.78 is 5.35. The molecule has 0 spiro atoms. The van der Waals surface area contributed by atoms with Gasteiger partial charge in [0, 0.05) is 28.8 Å². The molecule has 0 unspecified atom stereocenters. The van der Waals surface area contributed by atoms with Crippen molar-refractivity contribution in [2.75, 3.05) is 18.6 Å². The first-order valence-electron chi connectivity index (χ1n) is 6.56. The van der Waals surface area contributed by atoms with Crippen LogP contribution in [-0.4, -0.2) is 23.4 Å². The molecule has 0 aliphatic heterocycles. The highest BCUT2D eigenvalue weighted by Gasteiger charge is 2.10. The fourth-order valence-corrected chi connectivity index (χ4v) is 2.39. The Labute approximate surface area is 127 Å². The van der Waals surface area contributed by atoms with Crippen LogP contribution >= 0.6 is 11.8 Å². The molecule has 1 N–H and O–H groups in total. The largest absolute Gasteiger partial charge is 0.388 e. The van der Waals surface area contributed by atoms with E-state index in [-0.39, 0.29) is 0 Å². The summed E-state index contributed by atoms with van der Waals surface area (Å²) in [4.78, 5) is 5.67. The maximum atomic E-state index is 5.35. The smallest absolute Gasteiger partial charge is 0.258 e. The monoisotopic (exact) mass is 297 g/mol. The summed E-state index contributed by atoms with van der Waals surface area (Å²) in [6.07, 6.45) is 2.05. The molecule has 0 aliphatic carbocycles. The third-order valence-electron chi connectivity index (χ3n) is 3.19. The highest BCUT2D eigenvalue weighted by Crippen LogP contribution is 2.25. The summed E-state index contributed by atoms with van der Waals surface area (Å²) in [7, 11) is 1.89. The molecule has 0 radical (unpaired) electrons. The van der Waals surface area contributed by atoms with Crippen LogP contribution in [0.1, 0.15) is 0 Å². The number of nitrogens with one attached hydrogen (secondary N) is 1. The Morgan fingerprint density at radius 2 is 1.62 bits per heavy atom. The summed E-state index contributed by atoms with van der Waals surface area (Å²) in [5, 5.41) is 7.13. The minimum absolute atomic E-state index is 0.529. The van der Waals surface area contributed by atoms with Crippen LogP contribution in [0.2, 0.25) is 0 Å². The van der Waals surface area contributed by atoms with E-state index in [0.29, 0.717) is 11.7 Å². The Bertz CT molecular complexity index is 658. The van der Waals surface area contributed by atoms with Crippen LogP contribution in [-0.2, 0) is 0 Å². The predicted octanol–water partition coefficient (Wildman–Crippen LogP) is 4.17. The Balaban J connectivity index is 1.87. The van der Waals surface area contributed by atoms with Crippen molar-refractivity contribution in [3.8, 4) is 22.8 Å². The third kappa shape index (κ3) is 2.92. The van der Waals surface area contributed by atoms with Crippen LogP contribution in [0.4, 0.5) is 5.69 Å². The molecule has 0 amide bonds. The van der Waals surface area contributed by atoms with Crippen molar-refractivity contribution in [3.05, 3.63) is 48.5 Å². The van der Waals surface area contributed by atoms with E-state index in [2.05, 4.69) is 33.8 Å². The number of hydrogen-bond donors (Lipinski definition) is 1. The zero-order valence-corrected chi connectivity index (χ0v) is 12.6. The predicted molar refractivity (Wildman–Crippen MR) is 86.5 cm³/mol. The van der Waals surface area contributed by atoms with Gasteiger partial charge < -0.3 is 9.84 Å². The van der Waals surface area contributed by atoms with Crippen molar-refractivity contribution in [2.45, 2.75) is 4.90 Å². The van der Waals surface area contributed by atoms with E-state index < -0.39 is 0 Å². The Hall–Kier alpha value is -2.27.